The van der Waals surface area contributed by atoms with Gasteiger partial charge in [-0.25, -0.2) is 9.78 Å². The van der Waals surface area contributed by atoms with Gasteiger partial charge in [0.2, 0.25) is 0 Å². The summed E-state index contributed by atoms with van der Waals surface area (Å²) in [5, 5.41) is 7.19. The molecule has 2 aromatic heterocycles. The summed E-state index contributed by atoms with van der Waals surface area (Å²) in [5.74, 6) is -0.681. The van der Waals surface area contributed by atoms with Crippen molar-refractivity contribution >= 4 is 28.7 Å². The molecule has 0 aliphatic heterocycles. The Balaban J connectivity index is 1.25. The Kier molecular flexibility index (Phi) is 5.15. The Labute approximate surface area is 184 Å². The highest BCUT2D eigenvalue weighted by atomic mass is 16.5. The van der Waals surface area contributed by atoms with Crippen molar-refractivity contribution in [2.75, 3.05) is 11.9 Å². The summed E-state index contributed by atoms with van der Waals surface area (Å²) in [7, 11) is 0. The van der Waals surface area contributed by atoms with Crippen molar-refractivity contribution in [3.63, 3.8) is 0 Å². The Morgan fingerprint density at radius 1 is 1.06 bits per heavy atom. The van der Waals surface area contributed by atoms with Crippen molar-refractivity contribution < 1.29 is 18.8 Å². The number of aromatic nitrogens is 2. The number of pyridine rings is 1. The molecule has 0 spiro atoms. The normalized spacial score (nSPS) is 13.2. The number of ether oxygens (including phenoxy) is 1. The Bertz CT molecular complexity index is 1290. The number of nitrogens with zero attached hydrogens (tertiary/aromatic N) is 2. The topological polar surface area (TPSA) is 94.3 Å². The summed E-state index contributed by atoms with van der Waals surface area (Å²) in [5.41, 5.74) is 4.78. The van der Waals surface area contributed by atoms with Gasteiger partial charge in [-0.15, -0.1) is 0 Å². The van der Waals surface area contributed by atoms with Crippen LogP contribution in [0.2, 0.25) is 0 Å². The van der Waals surface area contributed by atoms with Crippen molar-refractivity contribution in [3.05, 3.63) is 77.6 Å². The van der Waals surface area contributed by atoms with Gasteiger partial charge < -0.3 is 14.6 Å². The summed E-state index contributed by atoms with van der Waals surface area (Å²) in [6.45, 7) is 1.35. The molecule has 4 aromatic rings. The number of amides is 1. The first kappa shape index (κ1) is 19.9. The molecule has 0 saturated heterocycles. The standard InChI is InChI=1S/C25H21N3O4/c1-15-23-20(13-21(18-7-8-18)27-24(23)32-28-15)25(30)31-14-22(29)26-19-11-9-17(10-12-19)16-5-3-2-4-6-16/h2-6,9-13,18H,7-8,14H2,1H3,(H,26,29). The van der Waals surface area contributed by atoms with Crippen molar-refractivity contribution in [2.24, 2.45) is 0 Å². The molecule has 1 amide bonds. The van der Waals surface area contributed by atoms with E-state index in [9.17, 15) is 9.59 Å². The number of carbonyl (C=O) groups is 2. The van der Waals surface area contributed by atoms with E-state index in [0.717, 1.165) is 29.7 Å². The van der Waals surface area contributed by atoms with Gasteiger partial charge in [0.1, 0.15) is 0 Å². The van der Waals surface area contributed by atoms with Crippen LogP contribution in [0.5, 0.6) is 0 Å². The summed E-state index contributed by atoms with van der Waals surface area (Å²) < 4.78 is 10.6. The molecule has 1 fully saturated rings. The fourth-order valence-corrected chi connectivity index (χ4v) is 3.65. The molecule has 0 bridgehead atoms. The molecule has 0 radical (unpaired) electrons. The minimum absolute atomic E-state index is 0.321. The van der Waals surface area contributed by atoms with Crippen LogP contribution >= 0.6 is 0 Å². The lowest BCUT2D eigenvalue weighted by Gasteiger charge is -2.09. The monoisotopic (exact) mass is 427 g/mol. The summed E-state index contributed by atoms with van der Waals surface area (Å²) >= 11 is 0. The van der Waals surface area contributed by atoms with Crippen LogP contribution in [0.15, 0.2) is 65.2 Å². The molecule has 32 heavy (non-hydrogen) atoms. The van der Waals surface area contributed by atoms with Gasteiger partial charge in [-0.2, -0.15) is 0 Å². The molecule has 7 heteroatoms. The van der Waals surface area contributed by atoms with Gasteiger partial charge in [0.15, 0.2) is 6.61 Å². The number of carbonyl (C=O) groups excluding carboxylic acids is 2. The molecule has 1 saturated carbocycles. The highest BCUT2D eigenvalue weighted by Gasteiger charge is 2.29. The molecule has 2 heterocycles. The van der Waals surface area contributed by atoms with Crippen LogP contribution in [0.25, 0.3) is 22.2 Å². The van der Waals surface area contributed by atoms with E-state index in [0.29, 0.717) is 34.0 Å². The SMILES string of the molecule is Cc1noc2nc(C3CC3)cc(C(=O)OCC(=O)Nc3ccc(-c4ccccc4)cc3)c12. The minimum atomic E-state index is -0.597. The zero-order chi connectivity index (χ0) is 22.1. The lowest BCUT2D eigenvalue weighted by Crippen LogP contribution is -2.21. The van der Waals surface area contributed by atoms with Crippen LogP contribution in [-0.4, -0.2) is 28.6 Å². The number of hydrogen-bond donors (Lipinski definition) is 1. The molecule has 7 nitrogen and oxygen atoms in total. The van der Waals surface area contributed by atoms with Gasteiger partial charge in [-0.3, -0.25) is 4.79 Å². The van der Waals surface area contributed by atoms with Crippen LogP contribution in [-0.2, 0) is 9.53 Å². The van der Waals surface area contributed by atoms with E-state index in [-0.39, 0.29) is 0 Å². The zero-order valence-corrected chi connectivity index (χ0v) is 17.5. The van der Waals surface area contributed by atoms with E-state index in [1.54, 1.807) is 13.0 Å². The van der Waals surface area contributed by atoms with E-state index in [2.05, 4.69) is 15.5 Å². The van der Waals surface area contributed by atoms with E-state index in [4.69, 9.17) is 9.26 Å². The molecule has 1 aliphatic rings. The van der Waals surface area contributed by atoms with Crippen LogP contribution < -0.4 is 5.32 Å². The molecule has 5 rings (SSSR count). The molecule has 2 aromatic carbocycles. The van der Waals surface area contributed by atoms with Gasteiger partial charge in [-0.1, -0.05) is 47.6 Å². The maximum atomic E-state index is 12.8. The summed E-state index contributed by atoms with van der Waals surface area (Å²) in [6, 6.07) is 19.2. The smallest absolute Gasteiger partial charge is 0.339 e. The molecule has 0 atom stereocenters. The molecule has 0 unspecified atom stereocenters. The average molecular weight is 427 g/mol. The molecule has 1 N–H and O–H groups in total. The van der Waals surface area contributed by atoms with E-state index in [1.165, 1.54) is 0 Å². The molecular formula is C25H21N3O4. The van der Waals surface area contributed by atoms with Crippen molar-refractivity contribution in [2.45, 2.75) is 25.7 Å². The third kappa shape index (κ3) is 4.09. The van der Waals surface area contributed by atoms with Crippen molar-refractivity contribution in [1.29, 1.82) is 0 Å². The van der Waals surface area contributed by atoms with Gasteiger partial charge in [0, 0.05) is 17.3 Å². The maximum absolute atomic E-state index is 12.8. The maximum Gasteiger partial charge on any atom is 0.339 e. The lowest BCUT2D eigenvalue weighted by atomic mass is 10.1. The number of aryl methyl sites for hydroxylation is 1. The Hall–Kier alpha value is -4.00. The third-order valence-corrected chi connectivity index (χ3v) is 5.46. The zero-order valence-electron chi connectivity index (χ0n) is 17.5. The van der Waals surface area contributed by atoms with E-state index in [1.807, 2.05) is 54.6 Å². The highest BCUT2D eigenvalue weighted by molar-refractivity contribution is 6.04. The van der Waals surface area contributed by atoms with Crippen LogP contribution in [0.3, 0.4) is 0 Å². The fraction of sp³-hybridized carbons (Fsp3) is 0.200. The van der Waals surface area contributed by atoms with Gasteiger partial charge in [0.05, 0.1) is 16.6 Å². The Morgan fingerprint density at radius 3 is 2.50 bits per heavy atom. The lowest BCUT2D eigenvalue weighted by molar-refractivity contribution is -0.119. The first-order valence-corrected chi connectivity index (χ1v) is 10.5. The van der Waals surface area contributed by atoms with E-state index < -0.39 is 18.5 Å². The molecule has 160 valence electrons. The Morgan fingerprint density at radius 2 is 1.78 bits per heavy atom. The largest absolute Gasteiger partial charge is 0.452 e. The van der Waals surface area contributed by atoms with Crippen molar-refractivity contribution in [3.8, 4) is 11.1 Å². The van der Waals surface area contributed by atoms with Crippen LogP contribution in [0.4, 0.5) is 5.69 Å². The second-order valence-electron chi connectivity index (χ2n) is 7.88. The third-order valence-electron chi connectivity index (χ3n) is 5.46. The predicted molar refractivity (Wildman–Crippen MR) is 119 cm³/mol. The predicted octanol–water partition coefficient (Wildman–Crippen LogP) is 4.87. The van der Waals surface area contributed by atoms with Gasteiger partial charge in [-0.05, 0) is 49.1 Å². The van der Waals surface area contributed by atoms with Crippen molar-refractivity contribution in [1.82, 2.24) is 10.1 Å². The number of hydrogen-bond acceptors (Lipinski definition) is 6. The van der Waals surface area contributed by atoms with E-state index >= 15 is 0 Å². The van der Waals surface area contributed by atoms with Crippen LogP contribution in [0, 0.1) is 6.92 Å². The average Bonchev–Trinajstić information content (AvgIpc) is 3.61. The number of fused-ring (bicyclic) bond motifs is 1. The second-order valence-corrected chi connectivity index (χ2v) is 7.88. The van der Waals surface area contributed by atoms with Crippen LogP contribution in [0.1, 0.15) is 40.5 Å². The number of nitrogens with one attached hydrogen (secondary N) is 1. The quantitative estimate of drug-likeness (QED) is 0.441. The van der Waals surface area contributed by atoms with Gasteiger partial charge in [0.25, 0.3) is 11.6 Å². The first-order chi connectivity index (χ1) is 15.6. The second kappa shape index (κ2) is 8.26. The number of rotatable bonds is 6. The fourth-order valence-electron chi connectivity index (χ4n) is 3.65. The molecular weight excluding hydrogens is 406 g/mol. The number of esters is 1. The van der Waals surface area contributed by atoms with Gasteiger partial charge >= 0.3 is 5.97 Å². The first-order valence-electron chi connectivity index (χ1n) is 10.5. The minimum Gasteiger partial charge on any atom is -0.452 e. The summed E-state index contributed by atoms with van der Waals surface area (Å²) in [6.07, 6.45) is 2.07. The highest BCUT2D eigenvalue weighted by Crippen LogP contribution is 2.40. The number of benzene rings is 2. The number of anilines is 1. The summed E-state index contributed by atoms with van der Waals surface area (Å²) in [4.78, 5) is 29.6. The molecule has 1 aliphatic carbocycles.